The van der Waals surface area contributed by atoms with Gasteiger partial charge in [0.1, 0.15) is 5.82 Å². The number of hydrogen-bond donors (Lipinski definition) is 2. The molecule has 2 N–H and O–H groups in total. The van der Waals surface area contributed by atoms with Gasteiger partial charge in [-0.1, -0.05) is 37.2 Å². The van der Waals surface area contributed by atoms with Gasteiger partial charge in [0, 0.05) is 29.6 Å². The second-order valence-electron chi connectivity index (χ2n) is 6.06. The largest absolute Gasteiger partial charge is 0.325 e. The van der Waals surface area contributed by atoms with Gasteiger partial charge in [0.15, 0.2) is 5.16 Å². The van der Waals surface area contributed by atoms with Crippen LogP contribution in [0.5, 0.6) is 0 Å². The summed E-state index contributed by atoms with van der Waals surface area (Å²) < 4.78 is 1.99. The summed E-state index contributed by atoms with van der Waals surface area (Å²) >= 11 is 1.66. The number of unbranched alkanes of at least 4 members (excludes halogenated alkanes) is 1. The van der Waals surface area contributed by atoms with E-state index in [4.69, 9.17) is 0 Å². The van der Waals surface area contributed by atoms with E-state index in [-0.39, 0.29) is 0 Å². The van der Waals surface area contributed by atoms with Crippen molar-refractivity contribution in [2.75, 3.05) is 5.75 Å². The van der Waals surface area contributed by atoms with Crippen molar-refractivity contribution in [3.8, 4) is 5.69 Å². The molecule has 3 aromatic rings. The van der Waals surface area contributed by atoms with Gasteiger partial charge < -0.3 is 4.98 Å². The minimum atomic E-state index is -0.522. The number of rotatable bonds is 7. The average molecular weight is 371 g/mol. The van der Waals surface area contributed by atoms with Gasteiger partial charge >= 0.3 is 5.69 Å². The van der Waals surface area contributed by atoms with Crippen LogP contribution in [0.15, 0.2) is 45.1 Å². The Bertz CT molecular complexity index is 977. The highest BCUT2D eigenvalue weighted by Gasteiger charge is 2.15. The summed E-state index contributed by atoms with van der Waals surface area (Å²) in [5, 5.41) is 9.46. The maximum Gasteiger partial charge on any atom is 0.325 e. The third-order valence-electron chi connectivity index (χ3n) is 3.85. The Morgan fingerprint density at radius 2 is 2.00 bits per heavy atom. The molecule has 2 heterocycles. The van der Waals surface area contributed by atoms with Crippen LogP contribution < -0.4 is 11.2 Å². The van der Waals surface area contributed by atoms with Crippen molar-refractivity contribution in [1.29, 1.82) is 0 Å². The molecule has 0 radical (unpaired) electrons. The highest BCUT2D eigenvalue weighted by Crippen LogP contribution is 2.24. The number of aromatic amines is 2. The number of nitrogens with zero attached hydrogens (tertiary/aromatic N) is 3. The predicted octanol–water partition coefficient (Wildman–Crippen LogP) is 2.44. The lowest BCUT2D eigenvalue weighted by atomic mass is 10.2. The summed E-state index contributed by atoms with van der Waals surface area (Å²) in [6, 6.07) is 9.47. The molecule has 0 aliphatic heterocycles. The van der Waals surface area contributed by atoms with E-state index >= 15 is 0 Å². The molecule has 26 heavy (non-hydrogen) atoms. The molecule has 0 bridgehead atoms. The van der Waals surface area contributed by atoms with Crippen molar-refractivity contribution in [1.82, 2.24) is 24.7 Å². The zero-order valence-corrected chi connectivity index (χ0v) is 15.6. The summed E-state index contributed by atoms with van der Waals surface area (Å²) in [5.41, 5.74) is 1.66. The minimum Gasteiger partial charge on any atom is -0.311 e. The van der Waals surface area contributed by atoms with Gasteiger partial charge in [0.2, 0.25) is 0 Å². The molecule has 0 amide bonds. The molecule has 8 heteroatoms. The standard InChI is InChI=1S/C18H21N5O2S/c1-3-4-8-26-18-22-21-15(10-13-11-16(24)20-17(25)19-13)23(18)14-7-5-6-12(2)9-14/h5-7,9,11H,3-4,8,10H2,1-2H3,(H2,19,20,24,25). The summed E-state index contributed by atoms with van der Waals surface area (Å²) in [4.78, 5) is 27.9. The van der Waals surface area contributed by atoms with Crippen LogP contribution in [0.2, 0.25) is 0 Å². The van der Waals surface area contributed by atoms with Gasteiger partial charge in [0.05, 0.1) is 0 Å². The first-order valence-corrected chi connectivity index (χ1v) is 9.52. The predicted molar refractivity (Wildman–Crippen MR) is 102 cm³/mol. The molecule has 0 aliphatic rings. The molecule has 1 aromatic carbocycles. The molecule has 0 atom stereocenters. The van der Waals surface area contributed by atoms with Crippen LogP contribution in [-0.4, -0.2) is 30.5 Å². The Morgan fingerprint density at radius 3 is 2.73 bits per heavy atom. The molecule has 0 fully saturated rings. The molecule has 0 aliphatic carbocycles. The second kappa shape index (κ2) is 8.18. The highest BCUT2D eigenvalue weighted by atomic mass is 32.2. The number of aryl methyl sites for hydroxylation is 1. The molecule has 0 spiro atoms. The lowest BCUT2D eigenvalue weighted by molar-refractivity contribution is 0.825. The third-order valence-corrected chi connectivity index (χ3v) is 4.87. The number of H-pyrrole nitrogens is 2. The molecule has 0 saturated carbocycles. The summed E-state index contributed by atoms with van der Waals surface area (Å²) in [6.07, 6.45) is 2.53. The number of nitrogens with one attached hydrogen (secondary N) is 2. The monoisotopic (exact) mass is 371 g/mol. The van der Waals surface area contributed by atoms with Crippen LogP contribution in [0.25, 0.3) is 5.69 Å². The van der Waals surface area contributed by atoms with Gasteiger partial charge in [-0.25, -0.2) is 4.79 Å². The van der Waals surface area contributed by atoms with Crippen molar-refractivity contribution in [3.63, 3.8) is 0 Å². The minimum absolute atomic E-state index is 0.314. The van der Waals surface area contributed by atoms with Crippen LogP contribution in [0.1, 0.15) is 36.8 Å². The van der Waals surface area contributed by atoms with E-state index in [1.54, 1.807) is 11.8 Å². The lowest BCUT2D eigenvalue weighted by Gasteiger charge is -2.11. The second-order valence-corrected chi connectivity index (χ2v) is 7.13. The molecule has 3 rings (SSSR count). The fraction of sp³-hybridized carbons (Fsp3) is 0.333. The van der Waals surface area contributed by atoms with Crippen molar-refractivity contribution in [2.24, 2.45) is 0 Å². The Kier molecular flexibility index (Phi) is 5.72. The van der Waals surface area contributed by atoms with E-state index in [2.05, 4.69) is 33.2 Å². The first-order valence-electron chi connectivity index (χ1n) is 8.53. The van der Waals surface area contributed by atoms with E-state index in [9.17, 15) is 9.59 Å². The first kappa shape index (κ1) is 18.2. The molecule has 0 unspecified atom stereocenters. The maximum absolute atomic E-state index is 11.6. The average Bonchev–Trinajstić information content (AvgIpc) is 2.96. The van der Waals surface area contributed by atoms with Gasteiger partial charge in [-0.3, -0.25) is 14.3 Å². The topological polar surface area (TPSA) is 96.4 Å². The van der Waals surface area contributed by atoms with E-state index in [0.29, 0.717) is 17.9 Å². The molecular formula is C18H21N5O2S. The van der Waals surface area contributed by atoms with Crippen LogP contribution in [0.4, 0.5) is 0 Å². The molecular weight excluding hydrogens is 350 g/mol. The SMILES string of the molecule is CCCCSc1nnc(Cc2cc(=O)[nH]c(=O)[nH]2)n1-c1cccc(C)c1. The van der Waals surface area contributed by atoms with E-state index in [1.165, 1.54) is 6.07 Å². The summed E-state index contributed by atoms with van der Waals surface area (Å²) in [7, 11) is 0. The van der Waals surface area contributed by atoms with E-state index < -0.39 is 11.2 Å². The summed E-state index contributed by atoms with van der Waals surface area (Å²) in [5.74, 6) is 1.64. The quantitative estimate of drug-likeness (QED) is 0.491. The van der Waals surface area contributed by atoms with E-state index in [1.807, 2.05) is 29.7 Å². The molecule has 136 valence electrons. The van der Waals surface area contributed by atoms with Crippen LogP contribution in [0.3, 0.4) is 0 Å². The Balaban J connectivity index is 2.01. The van der Waals surface area contributed by atoms with Crippen molar-refractivity contribution in [3.05, 3.63) is 68.3 Å². The fourth-order valence-corrected chi connectivity index (χ4v) is 3.68. The van der Waals surface area contributed by atoms with Crippen molar-refractivity contribution >= 4 is 11.8 Å². The number of thioether (sulfide) groups is 1. The Morgan fingerprint density at radius 1 is 1.15 bits per heavy atom. The molecule has 7 nitrogen and oxygen atoms in total. The van der Waals surface area contributed by atoms with Crippen LogP contribution in [0, 0.1) is 6.92 Å². The van der Waals surface area contributed by atoms with Gasteiger partial charge in [-0.15, -0.1) is 10.2 Å². The van der Waals surface area contributed by atoms with Crippen LogP contribution in [-0.2, 0) is 6.42 Å². The molecule has 2 aromatic heterocycles. The normalized spacial score (nSPS) is 11.0. The number of hydrogen-bond acceptors (Lipinski definition) is 5. The Labute approximate surface area is 154 Å². The smallest absolute Gasteiger partial charge is 0.311 e. The first-order chi connectivity index (χ1) is 12.6. The van der Waals surface area contributed by atoms with Crippen LogP contribution >= 0.6 is 11.8 Å². The lowest BCUT2D eigenvalue weighted by Crippen LogP contribution is -2.23. The van der Waals surface area contributed by atoms with Crippen molar-refractivity contribution in [2.45, 2.75) is 38.3 Å². The third kappa shape index (κ3) is 4.32. The number of aromatic nitrogens is 5. The molecule has 0 saturated heterocycles. The van der Waals surface area contributed by atoms with E-state index in [0.717, 1.165) is 35.0 Å². The zero-order chi connectivity index (χ0) is 18.5. The van der Waals surface area contributed by atoms with Crippen molar-refractivity contribution < 1.29 is 0 Å². The Hall–Kier alpha value is -2.61. The van der Waals surface area contributed by atoms with Gasteiger partial charge in [-0.05, 0) is 31.0 Å². The zero-order valence-electron chi connectivity index (χ0n) is 14.8. The number of benzene rings is 1. The van der Waals surface area contributed by atoms with Gasteiger partial charge in [-0.2, -0.15) is 0 Å². The fourth-order valence-electron chi connectivity index (χ4n) is 2.63. The van der Waals surface area contributed by atoms with Gasteiger partial charge in [0.25, 0.3) is 5.56 Å². The maximum atomic E-state index is 11.6. The highest BCUT2D eigenvalue weighted by molar-refractivity contribution is 7.99. The summed E-state index contributed by atoms with van der Waals surface area (Å²) in [6.45, 7) is 4.19.